The Kier molecular flexibility index (Phi) is 6.83. The van der Waals surface area contributed by atoms with Crippen molar-refractivity contribution in [1.29, 1.82) is 0 Å². The molecule has 2 aliphatic heterocycles. The minimum atomic E-state index is -0.477. The van der Waals surface area contributed by atoms with Crippen molar-refractivity contribution < 1.29 is 9.18 Å². The lowest BCUT2D eigenvalue weighted by Crippen LogP contribution is -2.51. The van der Waals surface area contributed by atoms with Gasteiger partial charge in [0.25, 0.3) is 0 Å². The molecule has 4 heterocycles. The van der Waals surface area contributed by atoms with Gasteiger partial charge >= 0.3 is 0 Å². The Balaban J connectivity index is 1.48. The number of nitrogens with one attached hydrogen (secondary N) is 1. The van der Waals surface area contributed by atoms with Crippen molar-refractivity contribution in [2.45, 2.75) is 6.92 Å². The van der Waals surface area contributed by atoms with Gasteiger partial charge in [-0.15, -0.1) is 0 Å². The van der Waals surface area contributed by atoms with E-state index in [1.54, 1.807) is 17.2 Å². The number of nitrogens with zero attached hydrogens (tertiary/aromatic N) is 7. The molecule has 0 radical (unpaired) electrons. The molecule has 2 aromatic heterocycles. The lowest BCUT2D eigenvalue weighted by molar-refractivity contribution is -0.126. The number of aromatic nitrogens is 4. The third-order valence-corrected chi connectivity index (χ3v) is 8.16. The zero-order chi connectivity index (χ0) is 28.1. The number of carbonyl (C=O) groups excluding carboxylic acids is 1. The van der Waals surface area contributed by atoms with E-state index in [0.717, 1.165) is 36.1 Å². The first-order chi connectivity index (χ1) is 19.2. The van der Waals surface area contributed by atoms with E-state index < -0.39 is 5.82 Å². The Labute approximate surface area is 237 Å². The van der Waals surface area contributed by atoms with Crippen molar-refractivity contribution in [3.05, 3.63) is 53.5 Å². The summed E-state index contributed by atoms with van der Waals surface area (Å²) in [5.41, 5.74) is 2.94. The first-order valence-corrected chi connectivity index (χ1v) is 13.8. The number of amides is 1. The number of aromatic amines is 1. The molecular formula is C29H32ClFN8O. The lowest BCUT2D eigenvalue weighted by Gasteiger charge is -2.41. The number of H-pyrrole nitrogens is 1. The van der Waals surface area contributed by atoms with E-state index in [1.165, 1.54) is 6.08 Å². The van der Waals surface area contributed by atoms with Gasteiger partial charge in [-0.2, -0.15) is 10.1 Å². The van der Waals surface area contributed by atoms with E-state index in [4.69, 9.17) is 21.6 Å². The van der Waals surface area contributed by atoms with Gasteiger partial charge in [0, 0.05) is 73.6 Å². The maximum Gasteiger partial charge on any atom is 0.246 e. The molecular weight excluding hydrogens is 531 g/mol. The van der Waals surface area contributed by atoms with E-state index in [1.807, 2.05) is 19.1 Å². The second-order valence-corrected chi connectivity index (χ2v) is 11.3. The second-order valence-electron chi connectivity index (χ2n) is 10.9. The number of hydrogen-bond acceptors (Lipinski definition) is 7. The van der Waals surface area contributed by atoms with Crippen LogP contribution >= 0.6 is 11.6 Å². The first-order valence-electron chi connectivity index (χ1n) is 13.4. The molecule has 40 heavy (non-hydrogen) atoms. The fourth-order valence-corrected chi connectivity index (χ4v) is 6.16. The highest BCUT2D eigenvalue weighted by molar-refractivity contribution is 6.35. The van der Waals surface area contributed by atoms with E-state index in [0.29, 0.717) is 60.4 Å². The Morgan fingerprint density at radius 3 is 2.60 bits per heavy atom. The van der Waals surface area contributed by atoms with Crippen LogP contribution in [-0.4, -0.2) is 95.8 Å². The molecule has 1 amide bonds. The van der Waals surface area contributed by atoms with Crippen LogP contribution in [-0.2, 0) is 4.79 Å². The van der Waals surface area contributed by atoms with Crippen molar-refractivity contribution in [3.63, 3.8) is 0 Å². The van der Waals surface area contributed by atoms with Crippen LogP contribution in [0.5, 0.6) is 0 Å². The Bertz CT molecular complexity index is 1620. The summed E-state index contributed by atoms with van der Waals surface area (Å²) in [6.45, 7) is 10.3. The highest BCUT2D eigenvalue weighted by Crippen LogP contribution is 2.42. The summed E-state index contributed by atoms with van der Waals surface area (Å²) in [6, 6.07) is 5.64. The quantitative estimate of drug-likeness (QED) is 0.354. The van der Waals surface area contributed by atoms with E-state index >= 15 is 4.39 Å². The minimum absolute atomic E-state index is 0.0945. The van der Waals surface area contributed by atoms with E-state index in [-0.39, 0.29) is 16.4 Å². The molecule has 2 aromatic carbocycles. The largest absolute Gasteiger partial charge is 0.352 e. The van der Waals surface area contributed by atoms with Crippen LogP contribution in [0.4, 0.5) is 16.2 Å². The van der Waals surface area contributed by atoms with E-state index in [2.05, 4.69) is 45.6 Å². The number of piperazine rings is 1. The van der Waals surface area contributed by atoms with Crippen LogP contribution in [0.15, 0.2) is 37.1 Å². The molecule has 2 saturated heterocycles. The summed E-state index contributed by atoms with van der Waals surface area (Å²) >= 11 is 6.86. The van der Waals surface area contributed by atoms with Gasteiger partial charge in [0.1, 0.15) is 11.3 Å². The van der Waals surface area contributed by atoms with Crippen LogP contribution in [0.2, 0.25) is 5.02 Å². The molecule has 1 N–H and O–H groups in total. The maximum atomic E-state index is 16.7. The normalized spacial score (nSPS) is 16.3. The average Bonchev–Trinajstić information content (AvgIpc) is 3.40. The highest BCUT2D eigenvalue weighted by Gasteiger charge is 2.32. The number of carbonyl (C=O) groups is 1. The number of hydrogen-bond donors (Lipinski definition) is 1. The number of aryl methyl sites for hydroxylation is 1. The SMILES string of the molecule is C=CC(=O)N1CCN(c2nc(N3CC(CN(C)C)C3)nc3c(F)c(-c4c(C)ccc5[nH]ncc45)c(Cl)cc23)CC1. The fraction of sp³-hybridized carbons (Fsp3) is 0.379. The fourth-order valence-electron chi connectivity index (χ4n) is 5.87. The van der Waals surface area contributed by atoms with Gasteiger partial charge in [-0.25, -0.2) is 9.37 Å². The zero-order valence-electron chi connectivity index (χ0n) is 22.9. The van der Waals surface area contributed by atoms with Gasteiger partial charge in [-0.1, -0.05) is 24.2 Å². The molecule has 4 aromatic rings. The number of anilines is 2. The predicted octanol–water partition coefficient (Wildman–Crippen LogP) is 4.11. The van der Waals surface area contributed by atoms with Crippen molar-refractivity contribution in [3.8, 4) is 11.1 Å². The van der Waals surface area contributed by atoms with E-state index in [9.17, 15) is 4.79 Å². The number of halogens is 2. The van der Waals surface area contributed by atoms with Crippen molar-refractivity contribution >= 4 is 51.1 Å². The summed E-state index contributed by atoms with van der Waals surface area (Å²) in [6.07, 6.45) is 3.03. The van der Waals surface area contributed by atoms with Crippen LogP contribution in [0.25, 0.3) is 32.9 Å². The van der Waals surface area contributed by atoms with Crippen molar-refractivity contribution in [1.82, 2.24) is 30.0 Å². The van der Waals surface area contributed by atoms with Gasteiger partial charge < -0.3 is 19.6 Å². The number of fused-ring (bicyclic) bond motifs is 2. The van der Waals surface area contributed by atoms with Crippen LogP contribution < -0.4 is 9.80 Å². The molecule has 0 unspecified atom stereocenters. The topological polar surface area (TPSA) is 84.5 Å². The van der Waals surface area contributed by atoms with Gasteiger partial charge in [-0.05, 0) is 44.8 Å². The first kappa shape index (κ1) is 26.5. The molecule has 0 spiro atoms. The molecule has 11 heteroatoms. The minimum Gasteiger partial charge on any atom is -0.352 e. The summed E-state index contributed by atoms with van der Waals surface area (Å²) in [7, 11) is 4.13. The van der Waals surface area contributed by atoms with Crippen LogP contribution in [0.3, 0.4) is 0 Å². The standard InChI is InChI=1S/C29H32ClFN8O/c1-5-23(40)37-8-10-38(11-9-37)28-19-12-21(30)25(24-17(2)6-7-22-20(24)13-32-35-22)26(31)27(19)33-29(34-28)39-15-18(16-39)14-36(3)4/h5-7,12-13,18H,1,8-11,14-16H2,2-4H3,(H,32,35). The molecule has 0 aliphatic carbocycles. The lowest BCUT2D eigenvalue weighted by atomic mass is 9.95. The Hall–Kier alpha value is -3.76. The predicted molar refractivity (Wildman–Crippen MR) is 158 cm³/mol. The summed E-state index contributed by atoms with van der Waals surface area (Å²) in [5.74, 6) is 1.07. The summed E-state index contributed by atoms with van der Waals surface area (Å²) in [4.78, 5) is 30.0. The molecule has 208 valence electrons. The molecule has 9 nitrogen and oxygen atoms in total. The third-order valence-electron chi connectivity index (χ3n) is 7.86. The Morgan fingerprint density at radius 1 is 1.15 bits per heavy atom. The zero-order valence-corrected chi connectivity index (χ0v) is 23.7. The molecule has 6 rings (SSSR count). The molecule has 2 fully saturated rings. The molecule has 0 atom stereocenters. The smallest absolute Gasteiger partial charge is 0.246 e. The van der Waals surface area contributed by atoms with Gasteiger partial charge in [0.15, 0.2) is 5.82 Å². The van der Waals surface area contributed by atoms with Gasteiger partial charge in [0.05, 0.1) is 16.7 Å². The summed E-state index contributed by atoms with van der Waals surface area (Å²) < 4.78 is 16.7. The van der Waals surface area contributed by atoms with Crippen molar-refractivity contribution in [2.24, 2.45) is 5.92 Å². The highest BCUT2D eigenvalue weighted by atomic mass is 35.5. The van der Waals surface area contributed by atoms with Gasteiger partial charge in [0.2, 0.25) is 11.9 Å². The third kappa shape index (κ3) is 4.54. The monoisotopic (exact) mass is 562 g/mol. The Morgan fingerprint density at radius 2 is 1.90 bits per heavy atom. The average molecular weight is 563 g/mol. The second kappa shape index (κ2) is 10.3. The molecule has 0 saturated carbocycles. The van der Waals surface area contributed by atoms with Crippen LogP contribution in [0.1, 0.15) is 5.56 Å². The molecule has 2 aliphatic rings. The molecule has 0 bridgehead atoms. The van der Waals surface area contributed by atoms with Gasteiger partial charge in [-0.3, -0.25) is 9.89 Å². The number of rotatable bonds is 6. The summed E-state index contributed by atoms with van der Waals surface area (Å²) in [5, 5.41) is 8.77. The van der Waals surface area contributed by atoms with Crippen molar-refractivity contribution in [2.75, 3.05) is 69.7 Å². The van der Waals surface area contributed by atoms with Crippen LogP contribution in [0, 0.1) is 18.7 Å². The maximum absolute atomic E-state index is 16.7. The number of benzene rings is 2.